The van der Waals surface area contributed by atoms with E-state index in [1.165, 1.54) is 6.20 Å². The summed E-state index contributed by atoms with van der Waals surface area (Å²) < 4.78 is 28.0. The van der Waals surface area contributed by atoms with Crippen molar-refractivity contribution in [2.24, 2.45) is 0 Å². The molecular formula is C23H21F2N7. The Morgan fingerprint density at radius 2 is 1.91 bits per heavy atom. The van der Waals surface area contributed by atoms with Crippen LogP contribution < -0.4 is 5.32 Å². The number of aromatic nitrogens is 5. The lowest BCUT2D eigenvalue weighted by Gasteiger charge is -2.29. The topological polar surface area (TPSA) is 83.8 Å². The third kappa shape index (κ3) is 3.91. The number of halogens is 2. The van der Waals surface area contributed by atoms with E-state index < -0.39 is 6.55 Å². The fraction of sp³-hybridized carbons (Fsp3) is 0.304. The highest BCUT2D eigenvalue weighted by molar-refractivity contribution is 5.67. The largest absolute Gasteiger partial charge is 0.382 e. The van der Waals surface area contributed by atoms with Gasteiger partial charge in [0.1, 0.15) is 6.07 Å². The molecule has 1 fully saturated rings. The van der Waals surface area contributed by atoms with Crippen molar-refractivity contribution in [3.63, 3.8) is 0 Å². The van der Waals surface area contributed by atoms with Gasteiger partial charge >= 0.3 is 6.55 Å². The standard InChI is InChI=1S/C23H21F2N7/c24-23(25)31-14-17(13-28-31)16-1-3-18(4-2-16)30-19-7-8-27-21(10-19)22-6-5-20-9-15(11-26)12-29-32(20)22/h5-10,12-14,16,18,23H,1-4H2,(H,27,30). The molecule has 1 saturated carbocycles. The number of nitrogens with zero attached hydrogens (tertiary/aromatic N) is 6. The second-order valence-corrected chi connectivity index (χ2v) is 8.07. The van der Waals surface area contributed by atoms with Crippen LogP contribution in [0.4, 0.5) is 14.5 Å². The van der Waals surface area contributed by atoms with E-state index in [0.717, 1.165) is 58.5 Å². The van der Waals surface area contributed by atoms with E-state index in [9.17, 15) is 8.78 Å². The number of hydrogen-bond donors (Lipinski definition) is 1. The zero-order valence-corrected chi connectivity index (χ0v) is 17.2. The number of fused-ring (bicyclic) bond motifs is 1. The molecule has 7 nitrogen and oxygen atoms in total. The van der Waals surface area contributed by atoms with Gasteiger partial charge in [0.15, 0.2) is 0 Å². The van der Waals surface area contributed by atoms with Crippen LogP contribution in [0.5, 0.6) is 0 Å². The van der Waals surface area contributed by atoms with Crippen molar-refractivity contribution in [3.05, 3.63) is 66.2 Å². The minimum absolute atomic E-state index is 0.269. The lowest BCUT2D eigenvalue weighted by molar-refractivity contribution is 0.0565. The second-order valence-electron chi connectivity index (χ2n) is 8.07. The van der Waals surface area contributed by atoms with E-state index in [0.29, 0.717) is 11.6 Å². The Balaban J connectivity index is 1.26. The summed E-state index contributed by atoms with van der Waals surface area (Å²) in [5.74, 6) is 0.269. The maximum absolute atomic E-state index is 12.8. The van der Waals surface area contributed by atoms with Gasteiger partial charge in [0.25, 0.3) is 0 Å². The van der Waals surface area contributed by atoms with Crippen molar-refractivity contribution >= 4 is 11.2 Å². The summed E-state index contributed by atoms with van der Waals surface area (Å²) in [6, 6.07) is 12.0. The first-order chi connectivity index (χ1) is 15.6. The second kappa shape index (κ2) is 8.38. The van der Waals surface area contributed by atoms with Crippen LogP contribution in [0.2, 0.25) is 0 Å². The molecule has 1 aliphatic carbocycles. The van der Waals surface area contributed by atoms with Crippen LogP contribution >= 0.6 is 0 Å². The van der Waals surface area contributed by atoms with Crippen LogP contribution in [0.3, 0.4) is 0 Å². The summed E-state index contributed by atoms with van der Waals surface area (Å²) in [5, 5.41) is 20.8. The summed E-state index contributed by atoms with van der Waals surface area (Å²) in [7, 11) is 0. The van der Waals surface area contributed by atoms with Gasteiger partial charge in [0.05, 0.1) is 34.9 Å². The first kappa shape index (κ1) is 20.1. The zero-order chi connectivity index (χ0) is 22.1. The molecule has 4 aromatic heterocycles. The molecule has 0 saturated heterocycles. The molecule has 0 spiro atoms. The van der Waals surface area contributed by atoms with Crippen LogP contribution in [-0.2, 0) is 0 Å². The molecule has 1 N–H and O–H groups in total. The maximum Gasteiger partial charge on any atom is 0.333 e. The van der Waals surface area contributed by atoms with Gasteiger partial charge in [-0.2, -0.15) is 24.2 Å². The lowest BCUT2D eigenvalue weighted by atomic mass is 9.83. The zero-order valence-electron chi connectivity index (χ0n) is 17.2. The van der Waals surface area contributed by atoms with Crippen LogP contribution in [-0.4, -0.2) is 30.4 Å². The predicted octanol–water partition coefficient (Wildman–Crippen LogP) is 5.00. The molecular weight excluding hydrogens is 412 g/mol. The number of anilines is 1. The van der Waals surface area contributed by atoms with Crippen molar-refractivity contribution in [2.45, 2.75) is 44.2 Å². The van der Waals surface area contributed by atoms with Crippen molar-refractivity contribution < 1.29 is 8.78 Å². The number of hydrogen-bond acceptors (Lipinski definition) is 5. The molecule has 0 atom stereocenters. The normalized spacial score (nSPS) is 18.7. The molecule has 9 heteroatoms. The molecule has 0 aliphatic heterocycles. The van der Waals surface area contributed by atoms with Crippen LogP contribution in [0.15, 0.2) is 55.1 Å². The molecule has 0 amide bonds. The average molecular weight is 433 g/mol. The van der Waals surface area contributed by atoms with Gasteiger partial charge in [-0.1, -0.05) is 0 Å². The van der Waals surface area contributed by atoms with Crippen LogP contribution in [0.25, 0.3) is 16.9 Å². The predicted molar refractivity (Wildman–Crippen MR) is 115 cm³/mol. The third-order valence-corrected chi connectivity index (χ3v) is 6.04. The van der Waals surface area contributed by atoms with Crippen LogP contribution in [0, 0.1) is 11.3 Å². The Bertz CT molecular complexity index is 1280. The van der Waals surface area contributed by atoms with E-state index in [4.69, 9.17) is 5.26 Å². The highest BCUT2D eigenvalue weighted by atomic mass is 19.3. The molecule has 0 unspecified atom stereocenters. The van der Waals surface area contributed by atoms with E-state index in [1.54, 1.807) is 29.2 Å². The van der Waals surface area contributed by atoms with E-state index in [1.807, 2.05) is 24.3 Å². The molecule has 1 aliphatic rings. The van der Waals surface area contributed by atoms with Gasteiger partial charge in [-0.25, -0.2) is 9.20 Å². The Morgan fingerprint density at radius 1 is 1.06 bits per heavy atom. The van der Waals surface area contributed by atoms with Crippen molar-refractivity contribution in [1.82, 2.24) is 24.4 Å². The van der Waals surface area contributed by atoms with Crippen LogP contribution in [0.1, 0.15) is 49.3 Å². The molecule has 0 radical (unpaired) electrons. The minimum atomic E-state index is -2.59. The Morgan fingerprint density at radius 3 is 2.66 bits per heavy atom. The lowest BCUT2D eigenvalue weighted by Crippen LogP contribution is -2.25. The Kier molecular flexibility index (Phi) is 5.27. The van der Waals surface area contributed by atoms with E-state index >= 15 is 0 Å². The fourth-order valence-corrected chi connectivity index (χ4v) is 4.39. The van der Waals surface area contributed by atoms with Gasteiger partial charge in [0.2, 0.25) is 0 Å². The average Bonchev–Trinajstić information content (AvgIpc) is 3.47. The molecule has 162 valence electrons. The molecule has 4 aromatic rings. The number of pyridine rings is 1. The number of nitriles is 1. The summed E-state index contributed by atoms with van der Waals surface area (Å²) in [4.78, 5) is 4.50. The van der Waals surface area contributed by atoms with Gasteiger partial charge in [0, 0.05) is 24.1 Å². The summed E-state index contributed by atoms with van der Waals surface area (Å²) in [6.07, 6.45) is 10.1. The van der Waals surface area contributed by atoms with E-state index in [-0.39, 0.29) is 5.92 Å². The Hall–Kier alpha value is -3.80. The van der Waals surface area contributed by atoms with Gasteiger partial charge in [-0.05, 0) is 67.5 Å². The summed E-state index contributed by atoms with van der Waals surface area (Å²) in [5.41, 5.74) is 4.87. The van der Waals surface area contributed by atoms with Crippen molar-refractivity contribution in [2.75, 3.05) is 5.32 Å². The quantitative estimate of drug-likeness (QED) is 0.479. The fourth-order valence-electron chi connectivity index (χ4n) is 4.39. The van der Waals surface area contributed by atoms with Gasteiger partial charge < -0.3 is 5.32 Å². The first-order valence-corrected chi connectivity index (χ1v) is 10.5. The minimum Gasteiger partial charge on any atom is -0.382 e. The molecule has 5 rings (SSSR count). The molecule has 32 heavy (non-hydrogen) atoms. The maximum atomic E-state index is 12.8. The van der Waals surface area contributed by atoms with Crippen molar-refractivity contribution in [3.8, 4) is 17.5 Å². The number of rotatable bonds is 5. The highest BCUT2D eigenvalue weighted by Gasteiger charge is 2.24. The van der Waals surface area contributed by atoms with Gasteiger partial charge in [-0.15, -0.1) is 0 Å². The highest BCUT2D eigenvalue weighted by Crippen LogP contribution is 2.34. The Labute approximate surface area is 183 Å². The first-order valence-electron chi connectivity index (χ1n) is 10.5. The monoisotopic (exact) mass is 433 g/mol. The summed E-state index contributed by atoms with van der Waals surface area (Å²) in [6.45, 7) is -2.59. The van der Waals surface area contributed by atoms with Gasteiger partial charge in [-0.3, -0.25) is 4.98 Å². The number of alkyl halides is 2. The molecule has 0 aromatic carbocycles. The third-order valence-electron chi connectivity index (χ3n) is 6.04. The van der Waals surface area contributed by atoms with E-state index in [2.05, 4.69) is 26.6 Å². The number of nitrogens with one attached hydrogen (secondary N) is 1. The molecule has 4 heterocycles. The van der Waals surface area contributed by atoms with Crippen molar-refractivity contribution in [1.29, 1.82) is 5.26 Å². The molecule has 0 bridgehead atoms. The summed E-state index contributed by atoms with van der Waals surface area (Å²) >= 11 is 0. The smallest absolute Gasteiger partial charge is 0.333 e. The SMILES string of the molecule is N#Cc1cnn2c(-c3cc(NC4CCC(c5cnn(C(F)F)c5)CC4)ccn3)ccc2c1.